The van der Waals surface area contributed by atoms with E-state index in [1.165, 1.54) is 0 Å². The molecule has 3 rings (SSSR count). The van der Waals surface area contributed by atoms with Crippen molar-refractivity contribution in [3.05, 3.63) is 70.8 Å². The minimum absolute atomic E-state index is 0.114. The molecular formula is C22H22O3. The molecule has 2 aromatic carbocycles. The normalized spacial score (nSPS) is 17.8. The number of carbonyl (C=O) groups is 1. The maximum absolute atomic E-state index is 12.9. The van der Waals surface area contributed by atoms with E-state index in [-0.39, 0.29) is 5.78 Å². The molecule has 0 spiro atoms. The second-order valence-corrected chi connectivity index (χ2v) is 6.01. The van der Waals surface area contributed by atoms with Crippen molar-refractivity contribution in [3.63, 3.8) is 0 Å². The van der Waals surface area contributed by atoms with Gasteiger partial charge in [0.05, 0.1) is 14.2 Å². The molecule has 0 saturated heterocycles. The summed E-state index contributed by atoms with van der Waals surface area (Å²) in [6.45, 7) is 0. The fourth-order valence-electron chi connectivity index (χ4n) is 3.12. The van der Waals surface area contributed by atoms with Crippen molar-refractivity contribution < 1.29 is 14.3 Å². The van der Waals surface area contributed by atoms with Crippen molar-refractivity contribution >= 4 is 17.9 Å². The smallest absolute Gasteiger partial charge is 0.185 e. The number of ether oxygens (including phenoxy) is 2. The fourth-order valence-corrected chi connectivity index (χ4v) is 3.12. The number of allylic oxidation sites excluding steroid dienone is 2. The van der Waals surface area contributed by atoms with E-state index in [9.17, 15) is 4.79 Å². The number of ketones is 1. The summed E-state index contributed by atoms with van der Waals surface area (Å²) in [7, 11) is 3.29. The zero-order valence-corrected chi connectivity index (χ0v) is 14.6. The van der Waals surface area contributed by atoms with Gasteiger partial charge in [0.15, 0.2) is 5.78 Å². The Morgan fingerprint density at radius 3 is 1.64 bits per heavy atom. The summed E-state index contributed by atoms with van der Waals surface area (Å²) in [5, 5.41) is 0. The van der Waals surface area contributed by atoms with E-state index in [1.807, 2.05) is 60.7 Å². The van der Waals surface area contributed by atoms with Crippen molar-refractivity contribution in [2.75, 3.05) is 14.2 Å². The lowest BCUT2D eigenvalue weighted by Gasteiger charge is -2.17. The topological polar surface area (TPSA) is 35.5 Å². The highest BCUT2D eigenvalue weighted by atomic mass is 16.5. The number of hydrogen-bond donors (Lipinski definition) is 0. The molecule has 0 unspecified atom stereocenters. The van der Waals surface area contributed by atoms with Gasteiger partial charge in [0.1, 0.15) is 11.5 Å². The van der Waals surface area contributed by atoms with Gasteiger partial charge < -0.3 is 9.47 Å². The highest BCUT2D eigenvalue weighted by molar-refractivity contribution is 6.14. The van der Waals surface area contributed by atoms with Crippen molar-refractivity contribution in [2.24, 2.45) is 0 Å². The van der Waals surface area contributed by atoms with Crippen LogP contribution in [0.2, 0.25) is 0 Å². The molecule has 0 amide bonds. The van der Waals surface area contributed by atoms with E-state index in [4.69, 9.17) is 9.47 Å². The van der Waals surface area contributed by atoms with Crippen LogP contribution in [-0.2, 0) is 4.79 Å². The van der Waals surface area contributed by atoms with Crippen LogP contribution in [-0.4, -0.2) is 20.0 Å². The fraction of sp³-hybridized carbons (Fsp3) is 0.227. The summed E-state index contributed by atoms with van der Waals surface area (Å²) < 4.78 is 10.8. The van der Waals surface area contributed by atoms with Crippen LogP contribution in [0.3, 0.4) is 0 Å². The van der Waals surface area contributed by atoms with Crippen LogP contribution in [0.4, 0.5) is 0 Å². The first-order valence-corrected chi connectivity index (χ1v) is 8.45. The standard InChI is InChI=1S/C22H22O3/c1-24-20-12-5-3-8-16(20)14-18-10-7-11-19(22(18)23)15-17-9-4-6-13-21(17)25-2/h3-6,8-9,12-15H,7,10-11H2,1-2H3/b18-14+,19-15?. The Labute approximate surface area is 148 Å². The molecule has 0 aromatic heterocycles. The molecule has 0 heterocycles. The number of benzene rings is 2. The number of methoxy groups -OCH3 is 2. The van der Waals surface area contributed by atoms with E-state index in [1.54, 1.807) is 14.2 Å². The van der Waals surface area contributed by atoms with Crippen LogP contribution >= 0.6 is 0 Å². The second-order valence-electron chi connectivity index (χ2n) is 6.01. The molecule has 0 bridgehead atoms. The molecule has 0 N–H and O–H groups in total. The number of hydrogen-bond acceptors (Lipinski definition) is 3. The minimum atomic E-state index is 0.114. The lowest BCUT2D eigenvalue weighted by Crippen LogP contribution is -2.12. The second kappa shape index (κ2) is 7.84. The van der Waals surface area contributed by atoms with Gasteiger partial charge in [-0.3, -0.25) is 4.79 Å². The van der Waals surface area contributed by atoms with Gasteiger partial charge in [-0.15, -0.1) is 0 Å². The Morgan fingerprint density at radius 1 is 0.760 bits per heavy atom. The molecule has 1 fully saturated rings. The number of carbonyl (C=O) groups excluding carboxylic acids is 1. The Balaban J connectivity index is 1.93. The van der Waals surface area contributed by atoms with Gasteiger partial charge in [-0.1, -0.05) is 36.4 Å². The molecule has 3 heteroatoms. The molecule has 1 aliphatic rings. The third-order valence-corrected chi connectivity index (χ3v) is 4.41. The van der Waals surface area contributed by atoms with Gasteiger partial charge in [-0.25, -0.2) is 0 Å². The molecule has 3 nitrogen and oxygen atoms in total. The van der Waals surface area contributed by atoms with Gasteiger partial charge in [0, 0.05) is 22.3 Å². The van der Waals surface area contributed by atoms with E-state index in [0.29, 0.717) is 0 Å². The highest BCUT2D eigenvalue weighted by Gasteiger charge is 2.21. The Morgan fingerprint density at radius 2 is 1.20 bits per heavy atom. The Hall–Kier alpha value is -2.81. The zero-order valence-electron chi connectivity index (χ0n) is 14.6. The van der Waals surface area contributed by atoms with Crippen LogP contribution in [0.25, 0.3) is 12.2 Å². The quantitative estimate of drug-likeness (QED) is 0.744. The molecule has 1 aliphatic carbocycles. The summed E-state index contributed by atoms with van der Waals surface area (Å²) in [4.78, 5) is 12.9. The van der Waals surface area contributed by atoms with Crippen LogP contribution in [0.1, 0.15) is 30.4 Å². The molecule has 0 aliphatic heterocycles. The average molecular weight is 334 g/mol. The van der Waals surface area contributed by atoms with Crippen LogP contribution in [0.5, 0.6) is 11.5 Å². The molecule has 25 heavy (non-hydrogen) atoms. The molecular weight excluding hydrogens is 312 g/mol. The van der Waals surface area contributed by atoms with Gasteiger partial charge >= 0.3 is 0 Å². The van der Waals surface area contributed by atoms with E-state index >= 15 is 0 Å². The van der Waals surface area contributed by atoms with Crippen molar-refractivity contribution in [3.8, 4) is 11.5 Å². The highest BCUT2D eigenvalue weighted by Crippen LogP contribution is 2.31. The van der Waals surface area contributed by atoms with Gasteiger partial charge in [-0.2, -0.15) is 0 Å². The molecule has 128 valence electrons. The number of rotatable bonds is 4. The maximum atomic E-state index is 12.9. The summed E-state index contributed by atoms with van der Waals surface area (Å²) in [6, 6.07) is 15.5. The molecule has 0 atom stereocenters. The summed E-state index contributed by atoms with van der Waals surface area (Å²) >= 11 is 0. The van der Waals surface area contributed by atoms with E-state index in [2.05, 4.69) is 0 Å². The Kier molecular flexibility index (Phi) is 5.34. The number of para-hydroxylation sites is 2. The van der Waals surface area contributed by atoms with Crippen LogP contribution in [0, 0.1) is 0 Å². The predicted molar refractivity (Wildman–Crippen MR) is 101 cm³/mol. The average Bonchev–Trinajstić information content (AvgIpc) is 2.66. The third kappa shape index (κ3) is 3.82. The Bertz CT molecular complexity index is 763. The molecule has 1 saturated carbocycles. The van der Waals surface area contributed by atoms with Crippen LogP contribution in [0.15, 0.2) is 59.7 Å². The lowest BCUT2D eigenvalue weighted by molar-refractivity contribution is -0.112. The SMILES string of the molecule is COc1ccccc1C=C1CCC/C(=C\c2ccccc2OC)C1=O. The maximum Gasteiger partial charge on any atom is 0.185 e. The summed E-state index contributed by atoms with van der Waals surface area (Å²) in [5.41, 5.74) is 3.53. The third-order valence-electron chi connectivity index (χ3n) is 4.41. The monoisotopic (exact) mass is 334 g/mol. The molecule has 0 radical (unpaired) electrons. The summed E-state index contributed by atoms with van der Waals surface area (Å²) in [5.74, 6) is 1.68. The van der Waals surface area contributed by atoms with Gasteiger partial charge in [-0.05, 0) is 43.5 Å². The van der Waals surface area contributed by atoms with Crippen LogP contribution < -0.4 is 9.47 Å². The molecule has 2 aromatic rings. The van der Waals surface area contributed by atoms with Gasteiger partial charge in [0.25, 0.3) is 0 Å². The van der Waals surface area contributed by atoms with Crippen molar-refractivity contribution in [1.82, 2.24) is 0 Å². The lowest BCUT2D eigenvalue weighted by atomic mass is 9.86. The van der Waals surface area contributed by atoms with Crippen molar-refractivity contribution in [1.29, 1.82) is 0 Å². The first kappa shape index (κ1) is 17.0. The predicted octanol–water partition coefficient (Wildman–Crippen LogP) is 4.92. The van der Waals surface area contributed by atoms with Gasteiger partial charge in [0.2, 0.25) is 0 Å². The van der Waals surface area contributed by atoms with E-state index < -0.39 is 0 Å². The summed E-state index contributed by atoms with van der Waals surface area (Å²) in [6.07, 6.45) is 6.46. The van der Waals surface area contributed by atoms with Crippen molar-refractivity contribution in [2.45, 2.75) is 19.3 Å². The number of Topliss-reactive ketones (excluding diaryl/α,β-unsaturated/α-hetero) is 1. The first-order valence-electron chi connectivity index (χ1n) is 8.45. The first-order chi connectivity index (χ1) is 12.2. The largest absolute Gasteiger partial charge is 0.496 e. The zero-order chi connectivity index (χ0) is 17.6. The minimum Gasteiger partial charge on any atom is -0.496 e. The van der Waals surface area contributed by atoms with E-state index in [0.717, 1.165) is 53.0 Å².